The monoisotopic (exact) mass is 343 g/mol. The Kier molecular flexibility index (Phi) is 4.84. The van der Waals surface area contributed by atoms with E-state index in [1.807, 2.05) is 6.07 Å². The van der Waals surface area contributed by atoms with Crippen molar-refractivity contribution < 1.29 is 0 Å². The summed E-state index contributed by atoms with van der Waals surface area (Å²) < 4.78 is 1.13. The van der Waals surface area contributed by atoms with Crippen LogP contribution in [0.5, 0.6) is 0 Å². The Labute approximate surface area is 125 Å². The fourth-order valence-corrected chi connectivity index (χ4v) is 3.96. The second-order valence-electron chi connectivity index (χ2n) is 4.15. The van der Waals surface area contributed by atoms with Gasteiger partial charge in [-0.3, -0.25) is 0 Å². The number of thiophene rings is 1. The van der Waals surface area contributed by atoms with E-state index in [4.69, 9.17) is 11.6 Å². The first kappa shape index (κ1) is 14.1. The number of nitrogens with one attached hydrogen (secondary N) is 1. The molecule has 2 aromatic rings. The summed E-state index contributed by atoms with van der Waals surface area (Å²) in [7, 11) is 0. The highest BCUT2D eigenvalue weighted by atomic mass is 79.9. The van der Waals surface area contributed by atoms with Gasteiger partial charge in [0.2, 0.25) is 0 Å². The Balaban J connectivity index is 2.45. The molecule has 0 aliphatic rings. The number of rotatable bonds is 4. The van der Waals surface area contributed by atoms with E-state index in [1.165, 1.54) is 10.4 Å². The molecule has 0 spiro atoms. The molecular weight excluding hydrogens is 330 g/mol. The lowest BCUT2D eigenvalue weighted by Crippen LogP contribution is -2.21. The normalized spacial score (nSPS) is 12.7. The lowest BCUT2D eigenvalue weighted by molar-refractivity contribution is 0.638. The maximum Gasteiger partial charge on any atom is 0.0696 e. The summed E-state index contributed by atoms with van der Waals surface area (Å²) in [5, 5.41) is 6.41. The molecule has 1 unspecified atom stereocenters. The summed E-state index contributed by atoms with van der Waals surface area (Å²) in [6.45, 7) is 5.06. The minimum Gasteiger partial charge on any atom is -0.306 e. The smallest absolute Gasteiger partial charge is 0.0696 e. The average Bonchev–Trinajstić information content (AvgIpc) is 2.73. The zero-order valence-corrected chi connectivity index (χ0v) is 13.5. The highest BCUT2D eigenvalue weighted by Crippen LogP contribution is 2.36. The van der Waals surface area contributed by atoms with E-state index >= 15 is 0 Å². The molecule has 0 aliphatic heterocycles. The van der Waals surface area contributed by atoms with Crippen molar-refractivity contribution in [3.05, 3.63) is 55.1 Å². The van der Waals surface area contributed by atoms with Crippen LogP contribution in [0.1, 0.15) is 29.0 Å². The molecule has 18 heavy (non-hydrogen) atoms. The molecule has 0 bridgehead atoms. The molecule has 0 amide bonds. The van der Waals surface area contributed by atoms with Crippen LogP contribution in [0.3, 0.4) is 0 Å². The van der Waals surface area contributed by atoms with Gasteiger partial charge in [0.05, 0.1) is 6.04 Å². The lowest BCUT2D eigenvalue weighted by Gasteiger charge is -2.19. The van der Waals surface area contributed by atoms with Gasteiger partial charge in [-0.15, -0.1) is 11.3 Å². The van der Waals surface area contributed by atoms with E-state index in [2.05, 4.69) is 58.7 Å². The second kappa shape index (κ2) is 6.20. The van der Waals surface area contributed by atoms with E-state index in [0.29, 0.717) is 0 Å². The topological polar surface area (TPSA) is 12.0 Å². The molecule has 1 aromatic heterocycles. The van der Waals surface area contributed by atoms with Crippen LogP contribution < -0.4 is 5.32 Å². The van der Waals surface area contributed by atoms with Crippen molar-refractivity contribution in [2.75, 3.05) is 6.54 Å². The number of halogens is 2. The summed E-state index contributed by atoms with van der Waals surface area (Å²) in [5.74, 6) is 0. The molecule has 1 atom stereocenters. The van der Waals surface area contributed by atoms with E-state index in [-0.39, 0.29) is 6.04 Å². The van der Waals surface area contributed by atoms with Gasteiger partial charge in [-0.2, -0.15) is 0 Å². The van der Waals surface area contributed by atoms with Crippen LogP contribution in [0.25, 0.3) is 0 Å². The summed E-state index contributed by atoms with van der Waals surface area (Å²) in [5.41, 5.74) is 2.32. The largest absolute Gasteiger partial charge is 0.306 e. The Bertz CT molecular complexity index is 538. The maximum absolute atomic E-state index is 6.38. The second-order valence-corrected chi connectivity index (χ2v) is 6.36. The number of hydrogen-bond donors (Lipinski definition) is 1. The van der Waals surface area contributed by atoms with Crippen molar-refractivity contribution in [1.29, 1.82) is 0 Å². The summed E-state index contributed by atoms with van der Waals surface area (Å²) in [6, 6.07) is 8.46. The van der Waals surface area contributed by atoms with Crippen molar-refractivity contribution in [3.63, 3.8) is 0 Å². The molecule has 1 aromatic carbocycles. The van der Waals surface area contributed by atoms with Crippen LogP contribution in [0.2, 0.25) is 5.02 Å². The number of aryl methyl sites for hydroxylation is 1. The predicted octanol–water partition coefficient (Wildman–Crippen LogP) is 5.17. The third-order valence-corrected chi connectivity index (χ3v) is 5.05. The van der Waals surface area contributed by atoms with Crippen LogP contribution in [0.4, 0.5) is 0 Å². The minimum atomic E-state index is 0.150. The highest BCUT2D eigenvalue weighted by molar-refractivity contribution is 9.10. The summed E-state index contributed by atoms with van der Waals surface area (Å²) in [6.07, 6.45) is 0. The molecule has 1 N–H and O–H groups in total. The van der Waals surface area contributed by atoms with Crippen LogP contribution >= 0.6 is 38.9 Å². The third kappa shape index (κ3) is 2.97. The molecule has 1 heterocycles. The van der Waals surface area contributed by atoms with Gasteiger partial charge in [0, 0.05) is 14.4 Å². The van der Waals surface area contributed by atoms with Gasteiger partial charge in [0.1, 0.15) is 0 Å². The Morgan fingerprint density at radius 2 is 2.17 bits per heavy atom. The lowest BCUT2D eigenvalue weighted by atomic mass is 10.0. The standard InChI is InChI=1S/C14H15BrClNS/c1-3-17-13(14-11(15)6-7-18-14)10-5-4-9(2)8-12(10)16/h4-8,13,17H,3H2,1-2H3. The van der Waals surface area contributed by atoms with Gasteiger partial charge in [0.15, 0.2) is 0 Å². The van der Waals surface area contributed by atoms with Gasteiger partial charge >= 0.3 is 0 Å². The Morgan fingerprint density at radius 3 is 2.72 bits per heavy atom. The molecular formula is C14H15BrClNS. The van der Waals surface area contributed by atoms with Crippen molar-refractivity contribution in [2.24, 2.45) is 0 Å². The molecule has 1 nitrogen and oxygen atoms in total. The number of benzene rings is 1. The molecule has 0 aliphatic carbocycles. The van der Waals surface area contributed by atoms with Gasteiger partial charge in [-0.05, 0) is 58.0 Å². The minimum absolute atomic E-state index is 0.150. The van der Waals surface area contributed by atoms with Crippen molar-refractivity contribution in [3.8, 4) is 0 Å². The first-order valence-electron chi connectivity index (χ1n) is 5.85. The quantitative estimate of drug-likeness (QED) is 0.806. The van der Waals surface area contributed by atoms with Crippen LogP contribution in [-0.4, -0.2) is 6.54 Å². The first-order chi connectivity index (χ1) is 8.63. The van der Waals surface area contributed by atoms with Crippen molar-refractivity contribution >= 4 is 38.9 Å². The highest BCUT2D eigenvalue weighted by Gasteiger charge is 2.19. The van der Waals surface area contributed by atoms with Crippen LogP contribution in [0.15, 0.2) is 34.1 Å². The average molecular weight is 345 g/mol. The third-order valence-electron chi connectivity index (χ3n) is 2.78. The zero-order chi connectivity index (χ0) is 13.1. The van der Waals surface area contributed by atoms with Gasteiger partial charge < -0.3 is 5.32 Å². The molecule has 4 heteroatoms. The first-order valence-corrected chi connectivity index (χ1v) is 7.91. The Hall–Kier alpha value is -0.350. The van der Waals surface area contributed by atoms with Gasteiger partial charge in [-0.25, -0.2) is 0 Å². The van der Waals surface area contributed by atoms with Crippen LogP contribution in [-0.2, 0) is 0 Å². The van der Waals surface area contributed by atoms with E-state index < -0.39 is 0 Å². The molecule has 2 rings (SSSR count). The molecule has 0 saturated carbocycles. The maximum atomic E-state index is 6.38. The fraction of sp³-hybridized carbons (Fsp3) is 0.286. The zero-order valence-electron chi connectivity index (χ0n) is 10.3. The molecule has 0 saturated heterocycles. The molecule has 96 valence electrons. The van der Waals surface area contributed by atoms with Crippen molar-refractivity contribution in [1.82, 2.24) is 5.32 Å². The van der Waals surface area contributed by atoms with E-state index in [0.717, 1.165) is 21.6 Å². The Morgan fingerprint density at radius 1 is 1.39 bits per heavy atom. The fourth-order valence-electron chi connectivity index (χ4n) is 1.93. The number of hydrogen-bond acceptors (Lipinski definition) is 2. The summed E-state index contributed by atoms with van der Waals surface area (Å²) >= 11 is 11.7. The van der Waals surface area contributed by atoms with Crippen LogP contribution in [0, 0.1) is 6.92 Å². The summed E-state index contributed by atoms with van der Waals surface area (Å²) in [4.78, 5) is 1.27. The predicted molar refractivity (Wildman–Crippen MR) is 83.7 cm³/mol. The SMILES string of the molecule is CCNC(c1ccc(C)cc1Cl)c1sccc1Br. The molecule has 0 radical (unpaired) electrons. The van der Waals surface area contributed by atoms with Gasteiger partial charge in [-0.1, -0.05) is 30.7 Å². The van der Waals surface area contributed by atoms with Gasteiger partial charge in [0.25, 0.3) is 0 Å². The van der Waals surface area contributed by atoms with E-state index in [1.54, 1.807) is 11.3 Å². The van der Waals surface area contributed by atoms with Crippen molar-refractivity contribution in [2.45, 2.75) is 19.9 Å². The molecule has 0 fully saturated rings. The van der Waals surface area contributed by atoms with E-state index in [9.17, 15) is 0 Å².